The van der Waals surface area contributed by atoms with Gasteiger partial charge in [0.05, 0.1) is 11.2 Å². The predicted octanol–water partition coefficient (Wildman–Crippen LogP) is 4.67. The van der Waals surface area contributed by atoms with Crippen molar-refractivity contribution in [1.29, 1.82) is 0 Å². The molecule has 1 aromatic heterocycles. The molecule has 2 rings (SSSR count). The molecule has 0 aliphatic carbocycles. The Balaban J connectivity index is 1.76. The van der Waals surface area contributed by atoms with Crippen LogP contribution in [0.1, 0.15) is 85.3 Å². The van der Waals surface area contributed by atoms with Gasteiger partial charge < -0.3 is 9.31 Å². The molecule has 1 aliphatic rings. The molecule has 0 spiro atoms. The monoisotopic (exact) mass is 331 g/mol. The van der Waals surface area contributed by atoms with Gasteiger partial charge in [-0.1, -0.05) is 51.5 Å². The zero-order valence-electron chi connectivity index (χ0n) is 16.2. The van der Waals surface area contributed by atoms with Gasteiger partial charge in [0.25, 0.3) is 0 Å². The van der Waals surface area contributed by atoms with E-state index in [-0.39, 0.29) is 18.3 Å². The van der Waals surface area contributed by atoms with Gasteiger partial charge in [-0.05, 0) is 46.6 Å². The Kier molecular flexibility index (Phi) is 6.88. The Hall–Kier alpha value is -0.865. The molecule has 0 bridgehead atoms. The van der Waals surface area contributed by atoms with Crippen LogP contribution in [0, 0.1) is 0 Å². The quantitative estimate of drug-likeness (QED) is 0.486. The van der Waals surface area contributed by atoms with Crippen molar-refractivity contribution in [2.24, 2.45) is 0 Å². The molecule has 0 N–H and O–H groups in total. The van der Waals surface area contributed by atoms with Gasteiger partial charge in [-0.25, -0.2) is 0 Å². The van der Waals surface area contributed by atoms with E-state index in [0.29, 0.717) is 0 Å². The van der Waals surface area contributed by atoms with Crippen molar-refractivity contribution in [2.75, 3.05) is 0 Å². The Bertz CT molecular complexity index is 483. The summed E-state index contributed by atoms with van der Waals surface area (Å²) in [4.78, 5) is 4.61. The van der Waals surface area contributed by atoms with Crippen LogP contribution in [0.4, 0.5) is 0 Å². The van der Waals surface area contributed by atoms with Gasteiger partial charge in [-0.3, -0.25) is 4.98 Å². The van der Waals surface area contributed by atoms with E-state index in [2.05, 4.69) is 51.7 Å². The second-order valence-electron chi connectivity index (χ2n) is 8.04. The van der Waals surface area contributed by atoms with Crippen LogP contribution >= 0.6 is 0 Å². The molecule has 0 saturated carbocycles. The molecule has 0 amide bonds. The zero-order valence-corrected chi connectivity index (χ0v) is 16.2. The lowest BCUT2D eigenvalue weighted by Crippen LogP contribution is -2.41. The second-order valence-corrected chi connectivity index (χ2v) is 8.04. The van der Waals surface area contributed by atoms with E-state index in [0.717, 1.165) is 11.9 Å². The standard InChI is InChI=1S/C20H34BNO2/c1-6-7-8-9-10-11-12-13-18-15-14-17(16-22-18)21-23-19(2,3)20(4,5)24-21/h14-16H,6-13H2,1-5H3. The third-order valence-corrected chi connectivity index (χ3v) is 5.41. The smallest absolute Gasteiger partial charge is 0.399 e. The molecule has 1 fully saturated rings. The van der Waals surface area contributed by atoms with E-state index in [4.69, 9.17) is 9.31 Å². The fourth-order valence-corrected chi connectivity index (χ4v) is 2.97. The SMILES string of the molecule is CCCCCCCCCc1ccc(B2OC(C)(C)C(C)(C)O2)cn1. The molecule has 2 heterocycles. The van der Waals surface area contributed by atoms with Gasteiger partial charge in [0.2, 0.25) is 0 Å². The van der Waals surface area contributed by atoms with Gasteiger partial charge in [0.15, 0.2) is 0 Å². The maximum Gasteiger partial charge on any atom is 0.496 e. The van der Waals surface area contributed by atoms with E-state index in [9.17, 15) is 0 Å². The number of rotatable bonds is 9. The molecule has 0 atom stereocenters. The number of hydrogen-bond acceptors (Lipinski definition) is 3. The molecule has 4 heteroatoms. The normalized spacial score (nSPS) is 19.0. The molecule has 134 valence electrons. The van der Waals surface area contributed by atoms with Gasteiger partial charge in [-0.2, -0.15) is 0 Å². The van der Waals surface area contributed by atoms with Crippen LogP contribution in [-0.4, -0.2) is 23.3 Å². The summed E-state index contributed by atoms with van der Waals surface area (Å²) >= 11 is 0. The molecular weight excluding hydrogens is 297 g/mol. The number of unbranched alkanes of at least 4 members (excludes halogenated alkanes) is 6. The molecule has 0 unspecified atom stereocenters. The molecule has 3 nitrogen and oxygen atoms in total. The van der Waals surface area contributed by atoms with Crippen LogP contribution in [0.5, 0.6) is 0 Å². The van der Waals surface area contributed by atoms with E-state index in [1.807, 2.05) is 6.20 Å². The van der Waals surface area contributed by atoms with Crippen molar-refractivity contribution in [3.8, 4) is 0 Å². The van der Waals surface area contributed by atoms with Gasteiger partial charge in [0, 0.05) is 17.4 Å². The van der Waals surface area contributed by atoms with Gasteiger partial charge in [0.1, 0.15) is 0 Å². The van der Waals surface area contributed by atoms with Crippen LogP contribution in [0.25, 0.3) is 0 Å². The van der Waals surface area contributed by atoms with Gasteiger partial charge in [-0.15, -0.1) is 0 Å². The summed E-state index contributed by atoms with van der Waals surface area (Å²) in [5, 5.41) is 0. The first-order valence-corrected chi connectivity index (χ1v) is 9.66. The van der Waals surface area contributed by atoms with Crippen molar-refractivity contribution in [3.63, 3.8) is 0 Å². The summed E-state index contributed by atoms with van der Waals surface area (Å²) in [5.41, 5.74) is 1.59. The minimum atomic E-state index is -0.310. The molecule has 0 aromatic carbocycles. The first-order valence-electron chi connectivity index (χ1n) is 9.66. The molecule has 1 aromatic rings. The van der Waals surface area contributed by atoms with E-state index in [1.165, 1.54) is 50.6 Å². The lowest BCUT2D eigenvalue weighted by Gasteiger charge is -2.32. The third-order valence-electron chi connectivity index (χ3n) is 5.41. The highest BCUT2D eigenvalue weighted by Crippen LogP contribution is 2.36. The van der Waals surface area contributed by atoms with Crippen LogP contribution in [0.15, 0.2) is 18.3 Å². The van der Waals surface area contributed by atoms with Crippen LogP contribution in [0.3, 0.4) is 0 Å². The fraction of sp³-hybridized carbons (Fsp3) is 0.750. The van der Waals surface area contributed by atoms with Crippen molar-refractivity contribution < 1.29 is 9.31 Å². The number of aryl methyl sites for hydroxylation is 1. The molecule has 1 aliphatic heterocycles. The lowest BCUT2D eigenvalue weighted by molar-refractivity contribution is 0.00578. The average molecular weight is 331 g/mol. The maximum atomic E-state index is 6.07. The number of nitrogens with zero attached hydrogens (tertiary/aromatic N) is 1. The number of aromatic nitrogens is 1. The Morgan fingerprint density at radius 2 is 1.46 bits per heavy atom. The Morgan fingerprint density at radius 3 is 2.00 bits per heavy atom. The average Bonchev–Trinajstić information content (AvgIpc) is 2.75. The van der Waals surface area contributed by atoms with Crippen LogP contribution in [-0.2, 0) is 15.7 Å². The molecule has 24 heavy (non-hydrogen) atoms. The number of pyridine rings is 1. The summed E-state index contributed by atoms with van der Waals surface area (Å²) in [6.07, 6.45) is 12.3. The number of hydrogen-bond donors (Lipinski definition) is 0. The van der Waals surface area contributed by atoms with E-state index >= 15 is 0 Å². The fourth-order valence-electron chi connectivity index (χ4n) is 2.97. The van der Waals surface area contributed by atoms with Crippen molar-refractivity contribution >= 4 is 12.6 Å². The summed E-state index contributed by atoms with van der Waals surface area (Å²) in [6.45, 7) is 10.6. The Labute approximate surface area is 148 Å². The largest absolute Gasteiger partial charge is 0.496 e. The highest BCUT2D eigenvalue weighted by Gasteiger charge is 2.51. The van der Waals surface area contributed by atoms with Gasteiger partial charge >= 0.3 is 7.12 Å². The highest BCUT2D eigenvalue weighted by atomic mass is 16.7. The summed E-state index contributed by atoms with van der Waals surface area (Å²) in [7, 11) is -0.310. The Morgan fingerprint density at radius 1 is 0.875 bits per heavy atom. The first-order chi connectivity index (χ1) is 11.4. The van der Waals surface area contributed by atoms with Crippen molar-refractivity contribution in [2.45, 2.75) is 97.2 Å². The molecule has 1 saturated heterocycles. The molecular formula is C20H34BNO2. The predicted molar refractivity (Wildman–Crippen MR) is 102 cm³/mol. The minimum Gasteiger partial charge on any atom is -0.399 e. The van der Waals surface area contributed by atoms with Crippen molar-refractivity contribution in [1.82, 2.24) is 4.98 Å². The highest BCUT2D eigenvalue weighted by molar-refractivity contribution is 6.62. The summed E-state index contributed by atoms with van der Waals surface area (Å²) < 4.78 is 12.1. The lowest BCUT2D eigenvalue weighted by atomic mass is 9.80. The topological polar surface area (TPSA) is 31.4 Å². The summed E-state index contributed by atoms with van der Waals surface area (Å²) in [5.74, 6) is 0. The second kappa shape index (κ2) is 8.49. The summed E-state index contributed by atoms with van der Waals surface area (Å²) in [6, 6.07) is 4.23. The molecule has 0 radical (unpaired) electrons. The minimum absolute atomic E-state index is 0.298. The van der Waals surface area contributed by atoms with Crippen LogP contribution < -0.4 is 5.46 Å². The van der Waals surface area contributed by atoms with E-state index in [1.54, 1.807) is 0 Å². The maximum absolute atomic E-state index is 6.07. The van der Waals surface area contributed by atoms with Crippen LogP contribution in [0.2, 0.25) is 0 Å². The van der Waals surface area contributed by atoms with E-state index < -0.39 is 0 Å². The first kappa shape index (κ1) is 19.5. The third kappa shape index (κ3) is 5.06. The zero-order chi connectivity index (χ0) is 17.6. The van der Waals surface area contributed by atoms with Crippen molar-refractivity contribution in [3.05, 3.63) is 24.0 Å².